The second-order valence-electron chi connectivity index (χ2n) is 8.84. The van der Waals surface area contributed by atoms with Crippen LogP contribution in [0.5, 0.6) is 5.75 Å². The zero-order chi connectivity index (χ0) is 26.7. The van der Waals surface area contributed by atoms with Crippen molar-refractivity contribution in [3.8, 4) is 5.75 Å². The van der Waals surface area contributed by atoms with Gasteiger partial charge in [0.15, 0.2) is 0 Å². The van der Waals surface area contributed by atoms with Gasteiger partial charge in [-0.3, -0.25) is 13.9 Å². The molecule has 0 spiro atoms. The number of carbonyl (C=O) groups excluding carboxylic acids is 2. The molecular weight excluding hydrogens is 478 g/mol. The molecule has 0 unspecified atom stereocenters. The van der Waals surface area contributed by atoms with Crippen LogP contribution in [0.3, 0.4) is 0 Å². The maximum Gasteiger partial charge on any atom is 0.242 e. The van der Waals surface area contributed by atoms with Crippen molar-refractivity contribution in [1.29, 1.82) is 0 Å². The summed E-state index contributed by atoms with van der Waals surface area (Å²) in [6.45, 7) is 9.06. The monoisotopic (exact) mass is 517 g/mol. The average molecular weight is 518 g/mol. The summed E-state index contributed by atoms with van der Waals surface area (Å²) in [5, 5.41) is 2.86. The number of hydrogen-bond acceptors (Lipinski definition) is 5. The van der Waals surface area contributed by atoms with Gasteiger partial charge in [0.25, 0.3) is 0 Å². The highest BCUT2D eigenvalue weighted by Crippen LogP contribution is 2.22. The van der Waals surface area contributed by atoms with Crippen molar-refractivity contribution in [3.05, 3.63) is 59.7 Å². The lowest BCUT2D eigenvalue weighted by Crippen LogP contribution is -2.47. The number of nitrogens with zero attached hydrogens (tertiary/aromatic N) is 2. The second kappa shape index (κ2) is 13.9. The number of aryl methyl sites for hydroxylation is 1. The van der Waals surface area contributed by atoms with Crippen LogP contribution in [0.25, 0.3) is 0 Å². The standard InChI is InChI=1S/C27H39N3O5S/c1-6-17-28-27(32)22(4)29(20-23-11-8-10-21(3)19-23)26(31)12-9-18-30(36(5,33)34)24-13-15-25(16-14-24)35-7-2/h8,10-11,13-16,19,22H,6-7,9,12,17-18,20H2,1-5H3,(H,28,32)/t22-/m0/s1. The molecule has 0 heterocycles. The van der Waals surface area contributed by atoms with Gasteiger partial charge in [0.05, 0.1) is 18.6 Å². The van der Waals surface area contributed by atoms with Gasteiger partial charge in [-0.25, -0.2) is 8.42 Å². The number of rotatable bonds is 14. The van der Waals surface area contributed by atoms with Gasteiger partial charge in [-0.1, -0.05) is 36.8 Å². The highest BCUT2D eigenvalue weighted by molar-refractivity contribution is 7.92. The molecule has 0 saturated heterocycles. The average Bonchev–Trinajstić information content (AvgIpc) is 2.83. The van der Waals surface area contributed by atoms with Crippen LogP contribution in [0, 0.1) is 6.92 Å². The smallest absolute Gasteiger partial charge is 0.242 e. The van der Waals surface area contributed by atoms with E-state index in [2.05, 4.69) is 5.32 Å². The van der Waals surface area contributed by atoms with Crippen molar-refractivity contribution in [3.63, 3.8) is 0 Å². The Labute approximate surface area is 215 Å². The van der Waals surface area contributed by atoms with Gasteiger partial charge < -0.3 is 15.0 Å². The Balaban J connectivity index is 2.14. The molecule has 0 aliphatic rings. The molecule has 2 rings (SSSR count). The summed E-state index contributed by atoms with van der Waals surface area (Å²) in [6, 6.07) is 14.0. The van der Waals surface area contributed by atoms with Gasteiger partial charge in [-0.05, 0) is 63.4 Å². The first-order valence-corrected chi connectivity index (χ1v) is 14.2. The predicted molar refractivity (Wildman–Crippen MR) is 144 cm³/mol. The molecule has 36 heavy (non-hydrogen) atoms. The second-order valence-corrected chi connectivity index (χ2v) is 10.8. The Bertz CT molecular complexity index is 1100. The number of carbonyl (C=O) groups is 2. The number of anilines is 1. The normalized spacial score (nSPS) is 12.0. The van der Waals surface area contributed by atoms with Crippen LogP contribution in [0.15, 0.2) is 48.5 Å². The van der Waals surface area contributed by atoms with Crippen molar-refractivity contribution in [2.24, 2.45) is 0 Å². The quantitative estimate of drug-likeness (QED) is 0.410. The van der Waals surface area contributed by atoms with Crippen LogP contribution in [0.2, 0.25) is 0 Å². The molecule has 0 aliphatic carbocycles. The molecule has 0 aliphatic heterocycles. The van der Waals surface area contributed by atoms with Crippen molar-refractivity contribution in [2.75, 3.05) is 30.3 Å². The number of sulfonamides is 1. The third kappa shape index (κ3) is 8.86. The molecule has 1 atom stereocenters. The Kier molecular flexibility index (Phi) is 11.2. The lowest BCUT2D eigenvalue weighted by Gasteiger charge is -2.29. The van der Waals surface area contributed by atoms with E-state index >= 15 is 0 Å². The summed E-state index contributed by atoms with van der Waals surface area (Å²) in [7, 11) is -3.55. The summed E-state index contributed by atoms with van der Waals surface area (Å²) in [5.74, 6) is 0.257. The zero-order valence-electron chi connectivity index (χ0n) is 22.0. The number of hydrogen-bond donors (Lipinski definition) is 1. The van der Waals surface area contributed by atoms with E-state index in [0.717, 1.165) is 23.8 Å². The highest BCUT2D eigenvalue weighted by Gasteiger charge is 2.26. The summed E-state index contributed by atoms with van der Waals surface area (Å²) < 4.78 is 31.7. The summed E-state index contributed by atoms with van der Waals surface area (Å²) in [5.41, 5.74) is 2.52. The van der Waals surface area contributed by atoms with E-state index in [1.54, 1.807) is 36.1 Å². The maximum atomic E-state index is 13.3. The van der Waals surface area contributed by atoms with Gasteiger partial charge >= 0.3 is 0 Å². The Hall–Kier alpha value is -3.07. The maximum absolute atomic E-state index is 13.3. The Morgan fingerprint density at radius 3 is 2.36 bits per heavy atom. The molecule has 2 amide bonds. The van der Waals surface area contributed by atoms with Crippen molar-refractivity contribution in [2.45, 2.75) is 59.5 Å². The first-order chi connectivity index (χ1) is 17.1. The predicted octanol–water partition coefficient (Wildman–Crippen LogP) is 3.88. The van der Waals surface area contributed by atoms with Gasteiger partial charge in [0, 0.05) is 26.1 Å². The fraction of sp³-hybridized carbons (Fsp3) is 0.481. The zero-order valence-corrected chi connectivity index (χ0v) is 22.8. The third-order valence-corrected chi connectivity index (χ3v) is 6.93. The summed E-state index contributed by atoms with van der Waals surface area (Å²) in [4.78, 5) is 27.5. The van der Waals surface area contributed by atoms with Crippen LogP contribution in [0.4, 0.5) is 5.69 Å². The first kappa shape index (κ1) is 29.2. The molecule has 198 valence electrons. The van der Waals surface area contributed by atoms with E-state index in [4.69, 9.17) is 4.74 Å². The van der Waals surface area contributed by atoms with Gasteiger partial charge in [0.2, 0.25) is 21.8 Å². The molecule has 0 fully saturated rings. The van der Waals surface area contributed by atoms with Crippen molar-refractivity contribution in [1.82, 2.24) is 10.2 Å². The molecule has 0 saturated carbocycles. The molecule has 0 radical (unpaired) electrons. The van der Waals surface area contributed by atoms with E-state index in [1.807, 2.05) is 45.0 Å². The summed E-state index contributed by atoms with van der Waals surface area (Å²) >= 11 is 0. The number of amides is 2. The third-order valence-electron chi connectivity index (χ3n) is 5.74. The molecule has 2 aromatic carbocycles. The fourth-order valence-electron chi connectivity index (χ4n) is 3.86. The van der Waals surface area contributed by atoms with Crippen molar-refractivity contribution >= 4 is 27.5 Å². The topological polar surface area (TPSA) is 96.0 Å². The molecule has 0 bridgehead atoms. The van der Waals surface area contributed by atoms with Crippen LogP contribution in [-0.4, -0.2) is 57.1 Å². The lowest BCUT2D eigenvalue weighted by atomic mass is 10.1. The SMILES string of the molecule is CCCNC(=O)[C@H](C)N(Cc1cccc(C)c1)C(=O)CCCN(c1ccc(OCC)cc1)S(C)(=O)=O. The van der Waals surface area contributed by atoms with Gasteiger partial charge in [-0.15, -0.1) is 0 Å². The van der Waals surface area contributed by atoms with E-state index in [0.29, 0.717) is 37.6 Å². The first-order valence-electron chi connectivity index (χ1n) is 12.4. The molecule has 2 aromatic rings. The summed E-state index contributed by atoms with van der Waals surface area (Å²) in [6.07, 6.45) is 2.37. The molecular formula is C27H39N3O5S. The minimum atomic E-state index is -3.55. The molecule has 0 aromatic heterocycles. The van der Waals surface area contributed by atoms with Crippen LogP contribution < -0.4 is 14.4 Å². The van der Waals surface area contributed by atoms with E-state index in [1.165, 1.54) is 4.31 Å². The molecule has 1 N–H and O–H groups in total. The fourth-order valence-corrected chi connectivity index (χ4v) is 4.83. The highest BCUT2D eigenvalue weighted by atomic mass is 32.2. The molecule has 8 nitrogen and oxygen atoms in total. The number of ether oxygens (including phenoxy) is 1. The largest absolute Gasteiger partial charge is 0.494 e. The van der Waals surface area contributed by atoms with Crippen LogP contribution in [-0.2, 0) is 26.2 Å². The van der Waals surface area contributed by atoms with Gasteiger partial charge in [0.1, 0.15) is 11.8 Å². The minimum absolute atomic E-state index is 0.111. The minimum Gasteiger partial charge on any atom is -0.494 e. The Morgan fingerprint density at radius 2 is 1.78 bits per heavy atom. The Morgan fingerprint density at radius 1 is 1.08 bits per heavy atom. The van der Waals surface area contributed by atoms with E-state index < -0.39 is 16.1 Å². The number of benzene rings is 2. The van der Waals surface area contributed by atoms with E-state index in [9.17, 15) is 18.0 Å². The number of nitrogens with one attached hydrogen (secondary N) is 1. The van der Waals surface area contributed by atoms with Crippen molar-refractivity contribution < 1.29 is 22.7 Å². The van der Waals surface area contributed by atoms with Crippen LogP contribution in [0.1, 0.15) is 51.2 Å². The van der Waals surface area contributed by atoms with Crippen LogP contribution >= 0.6 is 0 Å². The lowest BCUT2D eigenvalue weighted by molar-refractivity contribution is -0.140. The van der Waals surface area contributed by atoms with E-state index in [-0.39, 0.29) is 24.8 Å². The molecule has 9 heteroatoms. The van der Waals surface area contributed by atoms with Gasteiger partial charge in [-0.2, -0.15) is 0 Å².